The summed E-state index contributed by atoms with van der Waals surface area (Å²) in [5.41, 5.74) is 0.842. The van der Waals surface area contributed by atoms with Crippen molar-refractivity contribution < 1.29 is 14.3 Å². The smallest absolute Gasteiger partial charge is 0.404 e. The molecule has 0 unspecified atom stereocenters. The lowest BCUT2D eigenvalue weighted by Gasteiger charge is -2.08. The number of carbonyl (C=O) groups excluding carboxylic acids is 2. The van der Waals surface area contributed by atoms with Gasteiger partial charge in [-0.2, -0.15) is 0 Å². The van der Waals surface area contributed by atoms with Gasteiger partial charge in [0, 0.05) is 0 Å². The number of carbonyl (C=O) groups is 2. The van der Waals surface area contributed by atoms with Crippen molar-refractivity contribution in [1.82, 2.24) is 5.32 Å². The Morgan fingerprint density at radius 1 is 0.864 bits per heavy atom. The molecule has 0 aliphatic carbocycles. The third kappa shape index (κ3) is 1.93. The summed E-state index contributed by atoms with van der Waals surface area (Å²) in [5, 5.41) is 6.42. The van der Waals surface area contributed by atoms with Gasteiger partial charge in [0.1, 0.15) is 0 Å². The Kier molecular flexibility index (Phi) is 2.69. The topological polar surface area (TPSA) is 55.4 Å². The molecule has 4 heteroatoms. The first-order valence-electron chi connectivity index (χ1n) is 6.88. The van der Waals surface area contributed by atoms with E-state index in [9.17, 15) is 9.59 Å². The zero-order valence-corrected chi connectivity index (χ0v) is 11.5. The van der Waals surface area contributed by atoms with Crippen molar-refractivity contribution in [1.29, 1.82) is 0 Å². The van der Waals surface area contributed by atoms with Crippen LogP contribution in [0.3, 0.4) is 0 Å². The highest BCUT2D eigenvalue weighted by atomic mass is 16.6. The van der Waals surface area contributed by atoms with Crippen LogP contribution < -0.4 is 5.32 Å². The SMILES string of the molecule is O=C1NC(=O)/C(=C/c2cc3ccccc3c3ccccc23)O1. The van der Waals surface area contributed by atoms with Crippen LogP contribution in [0.1, 0.15) is 5.56 Å². The fourth-order valence-corrected chi connectivity index (χ4v) is 2.76. The van der Waals surface area contributed by atoms with Crippen molar-refractivity contribution in [2.45, 2.75) is 0 Å². The molecule has 1 aliphatic rings. The molecule has 4 rings (SSSR count). The first-order chi connectivity index (χ1) is 10.7. The van der Waals surface area contributed by atoms with Gasteiger partial charge < -0.3 is 4.74 Å². The Balaban J connectivity index is 2.02. The van der Waals surface area contributed by atoms with Gasteiger partial charge in [-0.15, -0.1) is 0 Å². The number of hydrogen-bond donors (Lipinski definition) is 1. The average molecular weight is 289 g/mol. The first-order valence-corrected chi connectivity index (χ1v) is 6.88. The molecule has 0 aromatic heterocycles. The van der Waals surface area contributed by atoms with Gasteiger partial charge in [0.25, 0.3) is 5.91 Å². The summed E-state index contributed by atoms with van der Waals surface area (Å²) in [4.78, 5) is 22.8. The number of imide groups is 1. The third-order valence-electron chi connectivity index (χ3n) is 3.73. The van der Waals surface area contributed by atoms with E-state index in [2.05, 4.69) is 11.4 Å². The van der Waals surface area contributed by atoms with Crippen molar-refractivity contribution in [2.75, 3.05) is 0 Å². The highest BCUT2D eigenvalue weighted by molar-refractivity contribution is 6.14. The Labute approximate surface area is 126 Å². The Morgan fingerprint density at radius 3 is 2.27 bits per heavy atom. The molecule has 3 aromatic carbocycles. The highest BCUT2D eigenvalue weighted by Gasteiger charge is 2.26. The molecule has 1 N–H and O–H groups in total. The van der Waals surface area contributed by atoms with Crippen molar-refractivity contribution in [2.24, 2.45) is 0 Å². The Bertz CT molecular complexity index is 972. The van der Waals surface area contributed by atoms with Crippen LogP contribution in [-0.4, -0.2) is 12.0 Å². The lowest BCUT2D eigenvalue weighted by Crippen LogP contribution is -2.18. The summed E-state index contributed by atoms with van der Waals surface area (Å²) in [6, 6.07) is 18.0. The van der Waals surface area contributed by atoms with Crippen molar-refractivity contribution in [3.05, 3.63) is 65.9 Å². The van der Waals surface area contributed by atoms with E-state index in [-0.39, 0.29) is 5.76 Å². The van der Waals surface area contributed by atoms with Crippen LogP contribution >= 0.6 is 0 Å². The van der Waals surface area contributed by atoms with E-state index < -0.39 is 12.0 Å². The molecule has 0 radical (unpaired) electrons. The van der Waals surface area contributed by atoms with E-state index in [1.165, 1.54) is 0 Å². The maximum Gasteiger partial charge on any atom is 0.419 e. The van der Waals surface area contributed by atoms with Crippen LogP contribution in [0.15, 0.2) is 60.4 Å². The Hall–Kier alpha value is -3.14. The predicted octanol–water partition coefficient (Wildman–Crippen LogP) is 3.60. The minimum atomic E-state index is -0.735. The van der Waals surface area contributed by atoms with Gasteiger partial charge in [-0.1, -0.05) is 48.5 Å². The third-order valence-corrected chi connectivity index (χ3v) is 3.73. The number of amides is 2. The van der Waals surface area contributed by atoms with Crippen molar-refractivity contribution >= 4 is 39.6 Å². The minimum Gasteiger partial charge on any atom is -0.404 e. The first kappa shape index (κ1) is 12.6. The zero-order valence-electron chi connectivity index (χ0n) is 11.5. The van der Waals surface area contributed by atoms with E-state index in [0.29, 0.717) is 0 Å². The molecule has 0 saturated carbocycles. The van der Waals surface area contributed by atoms with Gasteiger partial charge in [-0.25, -0.2) is 4.79 Å². The molecule has 2 amide bonds. The molecule has 0 spiro atoms. The molecule has 22 heavy (non-hydrogen) atoms. The normalized spacial score (nSPS) is 16.3. The van der Waals surface area contributed by atoms with Crippen LogP contribution in [-0.2, 0) is 9.53 Å². The summed E-state index contributed by atoms with van der Waals surface area (Å²) in [6.07, 6.45) is 0.871. The second-order valence-corrected chi connectivity index (χ2v) is 5.08. The number of ether oxygens (including phenoxy) is 1. The van der Waals surface area contributed by atoms with Gasteiger partial charge >= 0.3 is 6.09 Å². The van der Waals surface area contributed by atoms with E-state index in [0.717, 1.165) is 27.1 Å². The van der Waals surface area contributed by atoms with Gasteiger partial charge in [-0.05, 0) is 39.3 Å². The number of fused-ring (bicyclic) bond motifs is 3. The molecule has 0 atom stereocenters. The minimum absolute atomic E-state index is 0.0189. The number of nitrogens with one attached hydrogen (secondary N) is 1. The molecule has 106 valence electrons. The van der Waals surface area contributed by atoms with Gasteiger partial charge in [0.05, 0.1) is 0 Å². The lowest BCUT2D eigenvalue weighted by molar-refractivity contribution is -0.116. The largest absolute Gasteiger partial charge is 0.419 e. The molecular weight excluding hydrogens is 278 g/mol. The van der Waals surface area contributed by atoms with Gasteiger partial charge in [0.2, 0.25) is 0 Å². The summed E-state index contributed by atoms with van der Waals surface area (Å²) in [5.74, 6) is -0.493. The number of benzene rings is 3. The van der Waals surface area contributed by atoms with E-state index in [1.54, 1.807) is 6.08 Å². The monoisotopic (exact) mass is 289 g/mol. The fourth-order valence-electron chi connectivity index (χ4n) is 2.76. The zero-order chi connectivity index (χ0) is 15.1. The fraction of sp³-hybridized carbons (Fsp3) is 0. The standard InChI is InChI=1S/C18H11NO3/c20-17-16(22-18(21)19-17)10-12-9-11-5-1-2-6-13(11)15-8-4-3-7-14(12)15/h1-10H,(H,19,20,21)/b16-10-. The highest BCUT2D eigenvalue weighted by Crippen LogP contribution is 2.30. The maximum absolute atomic E-state index is 11.7. The summed E-state index contributed by atoms with van der Waals surface area (Å²) < 4.78 is 4.90. The predicted molar refractivity (Wildman–Crippen MR) is 84.1 cm³/mol. The second kappa shape index (κ2) is 4.70. The van der Waals surface area contributed by atoms with Gasteiger partial charge in [0.15, 0.2) is 5.76 Å². The van der Waals surface area contributed by atoms with Crippen LogP contribution in [0.4, 0.5) is 4.79 Å². The molecule has 1 aliphatic heterocycles. The number of hydrogen-bond acceptors (Lipinski definition) is 3. The molecule has 0 bridgehead atoms. The molecule has 3 aromatic rings. The van der Waals surface area contributed by atoms with Crippen LogP contribution in [0.25, 0.3) is 27.6 Å². The molecule has 1 saturated heterocycles. The number of alkyl carbamates (subject to hydrolysis) is 1. The summed E-state index contributed by atoms with van der Waals surface area (Å²) in [7, 11) is 0. The molecule has 1 fully saturated rings. The van der Waals surface area contributed by atoms with Crippen molar-refractivity contribution in [3.8, 4) is 0 Å². The van der Waals surface area contributed by atoms with E-state index in [4.69, 9.17) is 4.74 Å². The molecular formula is C18H11NO3. The van der Waals surface area contributed by atoms with E-state index in [1.807, 2.05) is 48.5 Å². The van der Waals surface area contributed by atoms with Crippen molar-refractivity contribution in [3.63, 3.8) is 0 Å². The Morgan fingerprint density at radius 2 is 1.55 bits per heavy atom. The average Bonchev–Trinajstić information content (AvgIpc) is 2.85. The van der Waals surface area contributed by atoms with Crippen LogP contribution in [0.5, 0.6) is 0 Å². The summed E-state index contributed by atoms with van der Waals surface area (Å²) in [6.45, 7) is 0. The maximum atomic E-state index is 11.7. The van der Waals surface area contributed by atoms with E-state index >= 15 is 0 Å². The quantitative estimate of drug-likeness (QED) is 0.550. The lowest BCUT2D eigenvalue weighted by atomic mass is 9.97. The van der Waals surface area contributed by atoms with Crippen LogP contribution in [0, 0.1) is 0 Å². The summed E-state index contributed by atoms with van der Waals surface area (Å²) >= 11 is 0. The number of rotatable bonds is 1. The molecule has 1 heterocycles. The van der Waals surface area contributed by atoms with Crippen LogP contribution in [0.2, 0.25) is 0 Å². The number of cyclic esters (lactones) is 1. The van der Waals surface area contributed by atoms with Gasteiger partial charge in [-0.3, -0.25) is 10.1 Å². The molecule has 4 nitrogen and oxygen atoms in total. The second-order valence-electron chi connectivity index (χ2n) is 5.08.